The lowest BCUT2D eigenvalue weighted by molar-refractivity contribution is 0.452. The number of hydrogen-bond donors (Lipinski definition) is 1. The molecule has 0 spiro atoms. The zero-order valence-electron chi connectivity index (χ0n) is 12.8. The number of rotatable bonds is 8. The minimum atomic E-state index is -3.45. The fourth-order valence-corrected chi connectivity index (χ4v) is 3.76. The second-order valence-corrected chi connectivity index (χ2v) is 7.63. The van der Waals surface area contributed by atoms with Crippen molar-refractivity contribution >= 4 is 10.0 Å². The molecule has 0 saturated heterocycles. The van der Waals surface area contributed by atoms with Crippen LogP contribution in [0.3, 0.4) is 0 Å². The summed E-state index contributed by atoms with van der Waals surface area (Å²) in [6, 6.07) is 7.82. The molecule has 0 aliphatic heterocycles. The van der Waals surface area contributed by atoms with Gasteiger partial charge in [0.15, 0.2) is 0 Å². The van der Waals surface area contributed by atoms with Crippen LogP contribution in [-0.2, 0) is 16.6 Å². The minimum absolute atomic E-state index is 0.362. The highest BCUT2D eigenvalue weighted by Gasteiger charge is 2.24. The standard InChI is InChI=1S/C16H24N2O2S/c1-4-18(12-13(2)3)21(19,20)16-7-5-6-14(10-16)11-17-15-8-9-15/h5-7,10,15,17H,2,4,8-9,11-12H2,1,3H3. The fourth-order valence-electron chi connectivity index (χ4n) is 2.18. The summed E-state index contributed by atoms with van der Waals surface area (Å²) < 4.78 is 26.8. The van der Waals surface area contributed by atoms with Crippen LogP contribution in [0, 0.1) is 0 Å². The first kappa shape index (κ1) is 16.2. The zero-order chi connectivity index (χ0) is 15.5. The van der Waals surface area contributed by atoms with E-state index < -0.39 is 10.0 Å². The molecule has 1 aliphatic carbocycles. The number of nitrogens with one attached hydrogen (secondary N) is 1. The van der Waals surface area contributed by atoms with E-state index in [2.05, 4.69) is 11.9 Å². The molecule has 0 atom stereocenters. The summed E-state index contributed by atoms with van der Waals surface area (Å²) in [7, 11) is -3.45. The molecule has 2 rings (SSSR count). The Labute approximate surface area is 127 Å². The number of benzene rings is 1. The van der Waals surface area contributed by atoms with Crippen molar-refractivity contribution in [2.24, 2.45) is 0 Å². The second-order valence-electron chi connectivity index (χ2n) is 5.69. The molecule has 4 nitrogen and oxygen atoms in total. The second kappa shape index (κ2) is 6.73. The number of sulfonamides is 1. The maximum atomic E-state index is 12.7. The van der Waals surface area contributed by atoms with Gasteiger partial charge in [-0.1, -0.05) is 31.2 Å². The van der Waals surface area contributed by atoms with Crippen molar-refractivity contribution < 1.29 is 8.42 Å². The van der Waals surface area contributed by atoms with Gasteiger partial charge in [-0.2, -0.15) is 4.31 Å². The molecule has 0 amide bonds. The molecular formula is C16H24N2O2S. The molecule has 0 unspecified atom stereocenters. The van der Waals surface area contributed by atoms with E-state index in [1.807, 2.05) is 26.0 Å². The summed E-state index contributed by atoms with van der Waals surface area (Å²) in [5.74, 6) is 0. The molecule has 1 N–H and O–H groups in total. The Hall–Kier alpha value is -1.17. The van der Waals surface area contributed by atoms with E-state index in [1.165, 1.54) is 17.1 Å². The number of nitrogens with zero attached hydrogens (tertiary/aromatic N) is 1. The van der Waals surface area contributed by atoms with Crippen LogP contribution < -0.4 is 5.32 Å². The van der Waals surface area contributed by atoms with Gasteiger partial charge in [0, 0.05) is 25.7 Å². The van der Waals surface area contributed by atoms with Crippen molar-refractivity contribution in [3.05, 3.63) is 42.0 Å². The lowest BCUT2D eigenvalue weighted by atomic mass is 10.2. The molecule has 1 aromatic rings. The van der Waals surface area contributed by atoms with Gasteiger partial charge >= 0.3 is 0 Å². The van der Waals surface area contributed by atoms with Crippen LogP contribution in [0.5, 0.6) is 0 Å². The molecular weight excluding hydrogens is 284 g/mol. The summed E-state index contributed by atoms with van der Waals surface area (Å²) in [5, 5.41) is 3.40. The minimum Gasteiger partial charge on any atom is -0.310 e. The Kier molecular flexibility index (Phi) is 5.19. The summed E-state index contributed by atoms with van der Waals surface area (Å²) >= 11 is 0. The van der Waals surface area contributed by atoms with Gasteiger partial charge in [-0.05, 0) is 37.5 Å². The predicted octanol–water partition coefficient (Wildman–Crippen LogP) is 2.53. The van der Waals surface area contributed by atoms with Crippen molar-refractivity contribution in [3.8, 4) is 0 Å². The van der Waals surface area contributed by atoms with Gasteiger partial charge in [0.25, 0.3) is 0 Å². The Morgan fingerprint density at radius 2 is 2.14 bits per heavy atom. The Morgan fingerprint density at radius 1 is 1.43 bits per heavy atom. The summed E-state index contributed by atoms with van der Waals surface area (Å²) in [6.45, 7) is 9.03. The molecule has 1 aromatic carbocycles. The highest BCUT2D eigenvalue weighted by molar-refractivity contribution is 7.89. The third-order valence-electron chi connectivity index (χ3n) is 3.51. The number of likely N-dealkylation sites (N-methyl/N-ethyl adjacent to an activating group) is 1. The highest BCUT2D eigenvalue weighted by Crippen LogP contribution is 2.21. The summed E-state index contributed by atoms with van der Waals surface area (Å²) in [5.41, 5.74) is 1.85. The summed E-state index contributed by atoms with van der Waals surface area (Å²) in [6.07, 6.45) is 2.44. The molecule has 5 heteroatoms. The lowest BCUT2D eigenvalue weighted by Crippen LogP contribution is -2.32. The van der Waals surface area contributed by atoms with Crippen molar-refractivity contribution in [1.29, 1.82) is 0 Å². The average Bonchev–Trinajstić information content (AvgIpc) is 3.26. The maximum absolute atomic E-state index is 12.7. The van der Waals surface area contributed by atoms with Gasteiger partial charge in [0.1, 0.15) is 0 Å². The van der Waals surface area contributed by atoms with Gasteiger partial charge in [0.05, 0.1) is 4.90 Å². The Morgan fingerprint density at radius 3 is 2.71 bits per heavy atom. The first-order valence-electron chi connectivity index (χ1n) is 7.40. The first-order valence-corrected chi connectivity index (χ1v) is 8.84. The normalized spacial score (nSPS) is 15.4. The highest BCUT2D eigenvalue weighted by atomic mass is 32.2. The molecule has 1 aliphatic rings. The average molecular weight is 308 g/mol. The van der Waals surface area contributed by atoms with E-state index in [0.717, 1.165) is 17.7 Å². The van der Waals surface area contributed by atoms with E-state index in [-0.39, 0.29) is 0 Å². The fraction of sp³-hybridized carbons (Fsp3) is 0.500. The first-order chi connectivity index (χ1) is 9.93. The molecule has 0 aromatic heterocycles. The van der Waals surface area contributed by atoms with Crippen LogP contribution >= 0.6 is 0 Å². The van der Waals surface area contributed by atoms with Crippen molar-refractivity contribution in [1.82, 2.24) is 9.62 Å². The quantitative estimate of drug-likeness (QED) is 0.751. The van der Waals surface area contributed by atoms with Crippen LogP contribution in [0.1, 0.15) is 32.3 Å². The van der Waals surface area contributed by atoms with Gasteiger partial charge in [-0.3, -0.25) is 0 Å². The topological polar surface area (TPSA) is 49.4 Å². The molecule has 21 heavy (non-hydrogen) atoms. The molecule has 0 heterocycles. The van der Waals surface area contributed by atoms with Crippen LogP contribution in [-0.4, -0.2) is 31.9 Å². The van der Waals surface area contributed by atoms with Crippen molar-refractivity contribution in [3.63, 3.8) is 0 Å². The smallest absolute Gasteiger partial charge is 0.243 e. The maximum Gasteiger partial charge on any atom is 0.243 e. The van der Waals surface area contributed by atoms with Gasteiger partial charge in [-0.25, -0.2) is 8.42 Å². The Bertz CT molecular complexity index is 606. The van der Waals surface area contributed by atoms with E-state index in [9.17, 15) is 8.42 Å². The largest absolute Gasteiger partial charge is 0.310 e. The van der Waals surface area contributed by atoms with Crippen LogP contribution in [0.2, 0.25) is 0 Å². The van der Waals surface area contributed by atoms with Gasteiger partial charge in [0.2, 0.25) is 10.0 Å². The lowest BCUT2D eigenvalue weighted by Gasteiger charge is -2.21. The zero-order valence-corrected chi connectivity index (χ0v) is 13.6. The molecule has 0 radical (unpaired) electrons. The molecule has 116 valence electrons. The van der Waals surface area contributed by atoms with Crippen molar-refractivity contribution in [2.45, 2.75) is 44.2 Å². The van der Waals surface area contributed by atoms with E-state index >= 15 is 0 Å². The summed E-state index contributed by atoms with van der Waals surface area (Å²) in [4.78, 5) is 0.362. The van der Waals surface area contributed by atoms with Crippen LogP contribution in [0.4, 0.5) is 0 Å². The monoisotopic (exact) mass is 308 g/mol. The van der Waals surface area contributed by atoms with E-state index in [4.69, 9.17) is 0 Å². The third-order valence-corrected chi connectivity index (χ3v) is 5.42. The van der Waals surface area contributed by atoms with Crippen molar-refractivity contribution in [2.75, 3.05) is 13.1 Å². The van der Waals surface area contributed by atoms with Gasteiger partial charge < -0.3 is 5.32 Å². The molecule has 1 fully saturated rings. The number of hydrogen-bond acceptors (Lipinski definition) is 3. The molecule has 1 saturated carbocycles. The van der Waals surface area contributed by atoms with Crippen LogP contribution in [0.15, 0.2) is 41.3 Å². The van der Waals surface area contributed by atoms with Crippen LogP contribution in [0.25, 0.3) is 0 Å². The third kappa shape index (κ3) is 4.40. The Balaban J connectivity index is 2.17. The molecule has 0 bridgehead atoms. The van der Waals surface area contributed by atoms with E-state index in [1.54, 1.807) is 12.1 Å². The van der Waals surface area contributed by atoms with E-state index in [0.29, 0.717) is 24.0 Å². The van der Waals surface area contributed by atoms with Gasteiger partial charge in [-0.15, -0.1) is 0 Å². The SMILES string of the molecule is C=C(C)CN(CC)S(=O)(=O)c1cccc(CNC2CC2)c1. The predicted molar refractivity (Wildman–Crippen MR) is 85.6 cm³/mol.